The molecule has 1 unspecified atom stereocenters. The number of anilines is 3. The number of hydrogen-bond donors (Lipinski definition) is 0. The van der Waals surface area contributed by atoms with Crippen LogP contribution in [0, 0.1) is 6.92 Å². The second kappa shape index (κ2) is 6.36. The van der Waals surface area contributed by atoms with Crippen LogP contribution in [0.1, 0.15) is 12.1 Å². The van der Waals surface area contributed by atoms with Crippen LogP contribution in [-0.4, -0.2) is 60.2 Å². The van der Waals surface area contributed by atoms with E-state index in [9.17, 15) is 0 Å². The smallest absolute Gasteiger partial charge is 0.226 e. The lowest BCUT2D eigenvalue weighted by Gasteiger charge is -2.26. The summed E-state index contributed by atoms with van der Waals surface area (Å²) in [5, 5.41) is 0. The molecule has 2 aromatic rings. The molecule has 0 spiro atoms. The SMILES string of the molecule is Cc1cc(N2CCC(N(C)c3ccnc(N(C)C)n3)C2)ncn1. The molecule has 1 aliphatic rings. The first-order valence-electron chi connectivity index (χ1n) is 7.81. The minimum atomic E-state index is 0.412. The Bertz CT molecular complexity index is 673. The van der Waals surface area contributed by atoms with Crippen molar-refractivity contribution in [1.29, 1.82) is 0 Å². The Kier molecular flexibility index (Phi) is 4.27. The van der Waals surface area contributed by atoms with Crippen LogP contribution in [-0.2, 0) is 0 Å². The first-order chi connectivity index (χ1) is 11.0. The average Bonchev–Trinajstić information content (AvgIpc) is 3.04. The van der Waals surface area contributed by atoms with Gasteiger partial charge in [0.2, 0.25) is 5.95 Å². The van der Waals surface area contributed by atoms with Crippen molar-refractivity contribution >= 4 is 17.6 Å². The number of aromatic nitrogens is 4. The van der Waals surface area contributed by atoms with Crippen LogP contribution in [0.2, 0.25) is 0 Å². The first-order valence-corrected chi connectivity index (χ1v) is 7.81. The predicted octanol–water partition coefficient (Wildman–Crippen LogP) is 1.36. The highest BCUT2D eigenvalue weighted by molar-refractivity contribution is 5.46. The van der Waals surface area contributed by atoms with E-state index < -0.39 is 0 Å². The van der Waals surface area contributed by atoms with Crippen LogP contribution in [0.3, 0.4) is 0 Å². The number of aryl methyl sites for hydroxylation is 1. The third-order valence-electron chi connectivity index (χ3n) is 4.21. The van der Waals surface area contributed by atoms with E-state index in [4.69, 9.17) is 0 Å². The summed E-state index contributed by atoms with van der Waals surface area (Å²) < 4.78 is 0. The van der Waals surface area contributed by atoms with Crippen LogP contribution in [0.5, 0.6) is 0 Å². The Morgan fingerprint density at radius 1 is 1.17 bits per heavy atom. The fourth-order valence-electron chi connectivity index (χ4n) is 2.82. The molecule has 3 rings (SSSR count). The van der Waals surface area contributed by atoms with Crippen molar-refractivity contribution < 1.29 is 0 Å². The molecule has 122 valence electrons. The van der Waals surface area contributed by atoms with Crippen molar-refractivity contribution in [3.05, 3.63) is 30.4 Å². The topological polar surface area (TPSA) is 61.3 Å². The van der Waals surface area contributed by atoms with Gasteiger partial charge in [0.1, 0.15) is 18.0 Å². The molecule has 1 fully saturated rings. The van der Waals surface area contributed by atoms with Crippen molar-refractivity contribution in [2.24, 2.45) is 0 Å². The molecule has 0 radical (unpaired) electrons. The predicted molar refractivity (Wildman–Crippen MR) is 92.1 cm³/mol. The van der Waals surface area contributed by atoms with Gasteiger partial charge in [0.15, 0.2) is 0 Å². The van der Waals surface area contributed by atoms with Gasteiger partial charge < -0.3 is 14.7 Å². The minimum absolute atomic E-state index is 0.412. The van der Waals surface area contributed by atoms with Gasteiger partial charge in [0, 0.05) is 58.2 Å². The molecule has 7 nitrogen and oxygen atoms in total. The maximum absolute atomic E-state index is 4.63. The number of hydrogen-bond acceptors (Lipinski definition) is 7. The Hall–Kier alpha value is -2.44. The standard InChI is InChI=1S/C16H23N7/c1-12-9-15(19-11-18-12)23-8-6-13(10-23)22(4)14-5-7-17-16(20-14)21(2)3/h5,7,9,11,13H,6,8,10H2,1-4H3. The van der Waals surface area contributed by atoms with Gasteiger partial charge in [-0.1, -0.05) is 0 Å². The normalized spacial score (nSPS) is 17.4. The second-order valence-electron chi connectivity index (χ2n) is 6.13. The van der Waals surface area contributed by atoms with Gasteiger partial charge in [-0.05, 0) is 19.4 Å². The zero-order valence-corrected chi connectivity index (χ0v) is 14.1. The van der Waals surface area contributed by atoms with E-state index >= 15 is 0 Å². The van der Waals surface area contributed by atoms with E-state index in [1.54, 1.807) is 6.33 Å². The van der Waals surface area contributed by atoms with Crippen molar-refractivity contribution in [3.8, 4) is 0 Å². The van der Waals surface area contributed by atoms with Crippen molar-refractivity contribution in [2.45, 2.75) is 19.4 Å². The van der Waals surface area contributed by atoms with E-state index in [0.29, 0.717) is 6.04 Å². The van der Waals surface area contributed by atoms with Gasteiger partial charge in [-0.15, -0.1) is 0 Å². The summed E-state index contributed by atoms with van der Waals surface area (Å²) in [7, 11) is 6.00. The molecular weight excluding hydrogens is 290 g/mol. The molecular formula is C16H23N7. The summed E-state index contributed by atoms with van der Waals surface area (Å²) in [6.07, 6.45) is 4.53. The first kappa shape index (κ1) is 15.5. The molecule has 23 heavy (non-hydrogen) atoms. The summed E-state index contributed by atoms with van der Waals surface area (Å²) in [6, 6.07) is 4.41. The third kappa shape index (κ3) is 3.33. The van der Waals surface area contributed by atoms with Crippen LogP contribution in [0.4, 0.5) is 17.6 Å². The van der Waals surface area contributed by atoms with E-state index in [1.807, 2.05) is 44.2 Å². The summed E-state index contributed by atoms with van der Waals surface area (Å²) in [6.45, 7) is 3.93. The number of nitrogens with zero attached hydrogens (tertiary/aromatic N) is 7. The fraction of sp³-hybridized carbons (Fsp3) is 0.500. The largest absolute Gasteiger partial charge is 0.355 e. The third-order valence-corrected chi connectivity index (χ3v) is 4.21. The van der Waals surface area contributed by atoms with Gasteiger partial charge in [0.05, 0.1) is 0 Å². The van der Waals surface area contributed by atoms with Crippen LogP contribution < -0.4 is 14.7 Å². The Morgan fingerprint density at radius 3 is 2.74 bits per heavy atom. The number of rotatable bonds is 4. The van der Waals surface area contributed by atoms with Crippen LogP contribution >= 0.6 is 0 Å². The summed E-state index contributed by atoms with van der Waals surface area (Å²) in [4.78, 5) is 23.9. The highest BCUT2D eigenvalue weighted by Crippen LogP contribution is 2.24. The monoisotopic (exact) mass is 313 g/mol. The molecule has 0 bridgehead atoms. The molecule has 0 aromatic carbocycles. The summed E-state index contributed by atoms with van der Waals surface area (Å²) in [5.41, 5.74) is 0.998. The highest BCUT2D eigenvalue weighted by atomic mass is 15.3. The molecule has 0 N–H and O–H groups in total. The molecule has 1 aliphatic heterocycles. The Morgan fingerprint density at radius 2 is 2.00 bits per heavy atom. The van der Waals surface area contributed by atoms with Crippen molar-refractivity contribution in [2.75, 3.05) is 48.9 Å². The maximum atomic E-state index is 4.63. The molecule has 1 atom stereocenters. The van der Waals surface area contributed by atoms with Crippen LogP contribution in [0.25, 0.3) is 0 Å². The second-order valence-corrected chi connectivity index (χ2v) is 6.13. The summed E-state index contributed by atoms with van der Waals surface area (Å²) in [5.74, 6) is 2.69. The zero-order valence-electron chi connectivity index (χ0n) is 14.1. The van der Waals surface area contributed by atoms with E-state index in [2.05, 4.69) is 36.8 Å². The number of likely N-dealkylation sites (N-methyl/N-ethyl adjacent to an activating group) is 1. The lowest BCUT2D eigenvalue weighted by atomic mass is 10.2. The van der Waals surface area contributed by atoms with Gasteiger partial charge >= 0.3 is 0 Å². The minimum Gasteiger partial charge on any atom is -0.355 e. The van der Waals surface area contributed by atoms with Gasteiger partial charge in [-0.2, -0.15) is 4.98 Å². The van der Waals surface area contributed by atoms with Crippen molar-refractivity contribution in [1.82, 2.24) is 19.9 Å². The highest BCUT2D eigenvalue weighted by Gasteiger charge is 2.27. The Labute approximate surface area is 137 Å². The quantitative estimate of drug-likeness (QED) is 0.844. The molecule has 7 heteroatoms. The van der Waals surface area contributed by atoms with E-state index in [-0.39, 0.29) is 0 Å². The molecule has 0 saturated carbocycles. The molecule has 1 saturated heterocycles. The molecule has 3 heterocycles. The van der Waals surface area contributed by atoms with E-state index in [0.717, 1.165) is 42.8 Å². The lowest BCUT2D eigenvalue weighted by Crippen LogP contribution is -2.35. The van der Waals surface area contributed by atoms with E-state index in [1.165, 1.54) is 0 Å². The molecule has 0 aliphatic carbocycles. The van der Waals surface area contributed by atoms with Crippen molar-refractivity contribution in [3.63, 3.8) is 0 Å². The molecule has 0 amide bonds. The fourth-order valence-corrected chi connectivity index (χ4v) is 2.82. The Balaban J connectivity index is 1.72. The van der Waals surface area contributed by atoms with Gasteiger partial charge in [0.25, 0.3) is 0 Å². The maximum Gasteiger partial charge on any atom is 0.226 e. The van der Waals surface area contributed by atoms with Gasteiger partial charge in [-0.25, -0.2) is 15.0 Å². The van der Waals surface area contributed by atoms with Crippen LogP contribution in [0.15, 0.2) is 24.7 Å². The van der Waals surface area contributed by atoms with Gasteiger partial charge in [-0.3, -0.25) is 0 Å². The molecule has 2 aromatic heterocycles. The zero-order chi connectivity index (χ0) is 16.4. The lowest BCUT2D eigenvalue weighted by molar-refractivity contribution is 0.682. The average molecular weight is 313 g/mol. The summed E-state index contributed by atoms with van der Waals surface area (Å²) >= 11 is 0.